The third-order valence-electron chi connectivity index (χ3n) is 2.47. The van der Waals surface area contributed by atoms with Crippen molar-refractivity contribution in [3.63, 3.8) is 0 Å². The lowest BCUT2D eigenvalue weighted by Crippen LogP contribution is -2.34. The summed E-state index contributed by atoms with van der Waals surface area (Å²) in [6.07, 6.45) is 3.54. The molecule has 0 bridgehead atoms. The quantitative estimate of drug-likeness (QED) is 0.772. The van der Waals surface area contributed by atoms with E-state index in [9.17, 15) is 0 Å². The van der Waals surface area contributed by atoms with Crippen LogP contribution in [0.5, 0.6) is 0 Å². The first-order chi connectivity index (χ1) is 6.65. The number of nitrogens with two attached hydrogens (primary N) is 1. The van der Waals surface area contributed by atoms with Crippen molar-refractivity contribution in [2.75, 3.05) is 6.54 Å². The monoisotopic (exact) mass is 190 g/mol. The van der Waals surface area contributed by atoms with E-state index in [1.807, 2.05) is 12.1 Å². The van der Waals surface area contributed by atoms with Crippen LogP contribution in [0.4, 0.5) is 0 Å². The zero-order valence-corrected chi connectivity index (χ0v) is 8.44. The minimum absolute atomic E-state index is 0.113. The molecule has 2 aromatic rings. The largest absolute Gasteiger partial charge is 0.328 e. The van der Waals surface area contributed by atoms with Gasteiger partial charge in [-0.2, -0.15) is 0 Å². The minimum Gasteiger partial charge on any atom is -0.328 e. The van der Waals surface area contributed by atoms with E-state index in [0.29, 0.717) is 6.54 Å². The summed E-state index contributed by atoms with van der Waals surface area (Å²) in [5.74, 6) is 0. The van der Waals surface area contributed by atoms with Gasteiger partial charge in [-0.25, -0.2) is 9.97 Å². The number of nitrogens with zero attached hydrogens (tertiary/aromatic N) is 3. The lowest BCUT2D eigenvalue weighted by Gasteiger charge is -2.25. The van der Waals surface area contributed by atoms with Crippen LogP contribution in [0.15, 0.2) is 24.7 Å². The van der Waals surface area contributed by atoms with Gasteiger partial charge in [-0.3, -0.25) is 0 Å². The SMILES string of the molecule is CC(C)(CN)n1cnc2ncccc21. The average molecular weight is 190 g/mol. The number of aromatic nitrogens is 3. The van der Waals surface area contributed by atoms with Crippen LogP contribution < -0.4 is 5.73 Å². The van der Waals surface area contributed by atoms with Crippen LogP contribution in [-0.2, 0) is 5.54 Å². The van der Waals surface area contributed by atoms with Crippen molar-refractivity contribution in [2.45, 2.75) is 19.4 Å². The van der Waals surface area contributed by atoms with Crippen LogP contribution in [-0.4, -0.2) is 21.1 Å². The van der Waals surface area contributed by atoms with Crippen LogP contribution in [0, 0.1) is 0 Å². The Morgan fingerprint density at radius 2 is 2.21 bits per heavy atom. The first-order valence-corrected chi connectivity index (χ1v) is 4.64. The number of pyridine rings is 1. The minimum atomic E-state index is -0.113. The van der Waals surface area contributed by atoms with E-state index in [-0.39, 0.29) is 5.54 Å². The third kappa shape index (κ3) is 1.28. The fraction of sp³-hybridized carbons (Fsp3) is 0.400. The third-order valence-corrected chi connectivity index (χ3v) is 2.47. The Hall–Kier alpha value is -1.42. The molecule has 0 unspecified atom stereocenters. The first-order valence-electron chi connectivity index (χ1n) is 4.64. The molecule has 2 heterocycles. The van der Waals surface area contributed by atoms with Gasteiger partial charge in [-0.15, -0.1) is 0 Å². The molecule has 0 aliphatic carbocycles. The van der Waals surface area contributed by atoms with Crippen molar-refractivity contribution in [3.05, 3.63) is 24.7 Å². The number of hydrogen-bond donors (Lipinski definition) is 1. The fourth-order valence-electron chi connectivity index (χ4n) is 1.43. The molecule has 2 rings (SSSR count). The molecule has 2 N–H and O–H groups in total. The highest BCUT2D eigenvalue weighted by molar-refractivity contribution is 5.70. The summed E-state index contributed by atoms with van der Waals surface area (Å²) in [6, 6.07) is 3.92. The lowest BCUT2D eigenvalue weighted by molar-refractivity contribution is 0.377. The van der Waals surface area contributed by atoms with Gasteiger partial charge < -0.3 is 10.3 Å². The molecule has 0 aliphatic rings. The standard InChI is InChI=1S/C10H14N4/c1-10(2,6-11)14-7-13-9-8(14)4-3-5-12-9/h3-5,7H,6,11H2,1-2H3. The molecule has 0 saturated carbocycles. The summed E-state index contributed by atoms with van der Waals surface area (Å²) in [7, 11) is 0. The second kappa shape index (κ2) is 3.06. The molecule has 2 aromatic heterocycles. The lowest BCUT2D eigenvalue weighted by atomic mass is 10.1. The molecule has 74 valence electrons. The van der Waals surface area contributed by atoms with E-state index in [0.717, 1.165) is 11.2 Å². The van der Waals surface area contributed by atoms with Crippen LogP contribution in [0.3, 0.4) is 0 Å². The highest BCUT2D eigenvalue weighted by Crippen LogP contribution is 2.19. The van der Waals surface area contributed by atoms with Crippen molar-refractivity contribution >= 4 is 11.2 Å². The maximum atomic E-state index is 5.72. The molecule has 0 fully saturated rings. The van der Waals surface area contributed by atoms with Gasteiger partial charge in [0.25, 0.3) is 0 Å². The Labute approximate surface area is 82.8 Å². The van der Waals surface area contributed by atoms with Crippen LogP contribution in [0.25, 0.3) is 11.2 Å². The van der Waals surface area contributed by atoms with E-state index in [4.69, 9.17) is 5.73 Å². The molecular formula is C10H14N4. The zero-order valence-electron chi connectivity index (χ0n) is 8.44. The van der Waals surface area contributed by atoms with Crippen LogP contribution in [0.1, 0.15) is 13.8 Å². The van der Waals surface area contributed by atoms with Gasteiger partial charge >= 0.3 is 0 Å². The van der Waals surface area contributed by atoms with Crippen LogP contribution in [0.2, 0.25) is 0 Å². The smallest absolute Gasteiger partial charge is 0.177 e. The Morgan fingerprint density at radius 3 is 2.93 bits per heavy atom. The van der Waals surface area contributed by atoms with E-state index < -0.39 is 0 Å². The van der Waals surface area contributed by atoms with Crippen molar-refractivity contribution in [3.8, 4) is 0 Å². The molecule has 0 amide bonds. The van der Waals surface area contributed by atoms with Gasteiger partial charge in [0.05, 0.1) is 17.4 Å². The summed E-state index contributed by atoms with van der Waals surface area (Å²) >= 11 is 0. The molecule has 0 aromatic carbocycles. The van der Waals surface area contributed by atoms with E-state index >= 15 is 0 Å². The molecule has 0 atom stereocenters. The second-order valence-electron chi connectivity index (χ2n) is 3.98. The zero-order chi connectivity index (χ0) is 10.2. The van der Waals surface area contributed by atoms with Gasteiger partial charge in [0, 0.05) is 12.7 Å². The van der Waals surface area contributed by atoms with Gasteiger partial charge in [0.1, 0.15) is 0 Å². The van der Waals surface area contributed by atoms with Gasteiger partial charge in [-0.05, 0) is 26.0 Å². The summed E-state index contributed by atoms with van der Waals surface area (Å²) in [6.45, 7) is 4.75. The van der Waals surface area contributed by atoms with E-state index in [1.165, 1.54) is 0 Å². The maximum Gasteiger partial charge on any atom is 0.177 e. The second-order valence-corrected chi connectivity index (χ2v) is 3.98. The summed E-state index contributed by atoms with van der Waals surface area (Å²) in [5.41, 5.74) is 7.41. The Bertz CT molecular complexity index is 444. The van der Waals surface area contributed by atoms with Gasteiger partial charge in [0.2, 0.25) is 0 Å². The van der Waals surface area contributed by atoms with Gasteiger partial charge in [0.15, 0.2) is 5.65 Å². The summed E-state index contributed by atoms with van der Waals surface area (Å²) < 4.78 is 2.06. The number of imidazole rings is 1. The van der Waals surface area contributed by atoms with Crippen molar-refractivity contribution in [2.24, 2.45) is 5.73 Å². The molecule has 4 heteroatoms. The Balaban J connectivity index is 2.64. The van der Waals surface area contributed by atoms with Crippen molar-refractivity contribution in [1.29, 1.82) is 0 Å². The topological polar surface area (TPSA) is 56.7 Å². The molecule has 0 spiro atoms. The van der Waals surface area contributed by atoms with Crippen LogP contribution >= 0.6 is 0 Å². The highest BCUT2D eigenvalue weighted by Gasteiger charge is 2.20. The van der Waals surface area contributed by atoms with Gasteiger partial charge in [-0.1, -0.05) is 0 Å². The molecule has 4 nitrogen and oxygen atoms in total. The number of hydrogen-bond acceptors (Lipinski definition) is 3. The van der Waals surface area contributed by atoms with Crippen molar-refractivity contribution in [1.82, 2.24) is 14.5 Å². The number of fused-ring (bicyclic) bond motifs is 1. The summed E-state index contributed by atoms with van der Waals surface area (Å²) in [5, 5.41) is 0. The predicted octanol–water partition coefficient (Wildman–Crippen LogP) is 1.13. The Kier molecular flexibility index (Phi) is 2.00. The predicted molar refractivity (Wildman–Crippen MR) is 55.9 cm³/mol. The molecule has 14 heavy (non-hydrogen) atoms. The number of rotatable bonds is 2. The molecule has 0 radical (unpaired) electrons. The maximum absolute atomic E-state index is 5.72. The Morgan fingerprint density at radius 1 is 1.43 bits per heavy atom. The molecule has 0 saturated heterocycles. The average Bonchev–Trinajstić information content (AvgIpc) is 2.61. The molecule has 0 aliphatic heterocycles. The first kappa shape index (κ1) is 9.15. The highest BCUT2D eigenvalue weighted by atomic mass is 15.1. The summed E-state index contributed by atoms with van der Waals surface area (Å²) in [4.78, 5) is 8.41. The molecular weight excluding hydrogens is 176 g/mol. The normalized spacial score (nSPS) is 12.2. The van der Waals surface area contributed by atoms with Crippen molar-refractivity contribution < 1.29 is 0 Å². The van der Waals surface area contributed by atoms with E-state index in [1.54, 1.807) is 12.5 Å². The van der Waals surface area contributed by atoms with E-state index in [2.05, 4.69) is 28.4 Å². The fourth-order valence-corrected chi connectivity index (χ4v) is 1.43.